The fraction of sp³-hybridized carbons (Fsp3) is 0.143. The van der Waals surface area contributed by atoms with Crippen molar-refractivity contribution in [3.05, 3.63) is 82.9 Å². The van der Waals surface area contributed by atoms with Crippen molar-refractivity contribution in [2.24, 2.45) is 0 Å². The quantitative estimate of drug-likeness (QED) is 0.446. The summed E-state index contributed by atoms with van der Waals surface area (Å²) in [6.07, 6.45) is 0. The van der Waals surface area contributed by atoms with Crippen LogP contribution < -0.4 is 0 Å². The normalized spacial score (nSPS) is 10.5. The van der Waals surface area contributed by atoms with Crippen LogP contribution in [0.25, 0.3) is 22.3 Å². The van der Waals surface area contributed by atoms with E-state index in [1.807, 2.05) is 0 Å². The second-order valence-corrected chi connectivity index (χ2v) is 5.69. The third-order valence-corrected chi connectivity index (χ3v) is 4.06. The fourth-order valence-corrected chi connectivity index (χ4v) is 2.57. The van der Waals surface area contributed by atoms with Gasteiger partial charge >= 0.3 is 0 Å². The highest BCUT2D eigenvalue weighted by molar-refractivity contribution is 5.71. The molecule has 130 valence electrons. The number of hydrogen-bond donors (Lipinski definition) is 0. The van der Waals surface area contributed by atoms with E-state index < -0.39 is 23.3 Å². The summed E-state index contributed by atoms with van der Waals surface area (Å²) in [6, 6.07) is 12.2. The van der Waals surface area contributed by atoms with Crippen LogP contribution in [-0.4, -0.2) is 0 Å². The molecule has 25 heavy (non-hydrogen) atoms. The first-order chi connectivity index (χ1) is 11.4. The maximum Gasteiger partial charge on any atom is 0.166 e. The van der Waals surface area contributed by atoms with E-state index >= 15 is 0 Å². The lowest BCUT2D eigenvalue weighted by atomic mass is 9.98. The molecule has 3 aromatic carbocycles. The predicted octanol–water partition coefficient (Wildman–Crippen LogP) is 6.83. The van der Waals surface area contributed by atoms with Gasteiger partial charge in [-0.2, -0.15) is 0 Å². The summed E-state index contributed by atoms with van der Waals surface area (Å²) >= 11 is 0. The summed E-state index contributed by atoms with van der Waals surface area (Å²) in [5, 5.41) is 0. The molecule has 0 fully saturated rings. The molecule has 0 aliphatic carbocycles. The number of rotatable bonds is 2. The maximum atomic E-state index is 14.0. The standard InChI is InChI=1S/C20H14F4.CH4/c1-11-3-9-15(19(23)17(11)21)13-5-7-14(8-6-13)16-10-4-12(2)18(22)20(16)24;/h3-10H,1-2H3;1H4. The van der Waals surface area contributed by atoms with Gasteiger partial charge in [0.25, 0.3) is 0 Å². The first-order valence-corrected chi connectivity index (χ1v) is 7.40. The van der Waals surface area contributed by atoms with E-state index in [4.69, 9.17) is 0 Å². The van der Waals surface area contributed by atoms with Gasteiger partial charge in [0.05, 0.1) is 0 Å². The maximum absolute atomic E-state index is 14.0. The molecule has 0 atom stereocenters. The Balaban J connectivity index is 0.00000225. The summed E-state index contributed by atoms with van der Waals surface area (Å²) in [7, 11) is 0. The minimum Gasteiger partial charge on any atom is -0.203 e. The summed E-state index contributed by atoms with van der Waals surface area (Å²) in [5.74, 6) is -3.61. The lowest BCUT2D eigenvalue weighted by molar-refractivity contribution is 0.505. The zero-order chi connectivity index (χ0) is 17.4. The van der Waals surface area contributed by atoms with E-state index in [0.717, 1.165) is 0 Å². The molecule has 0 amide bonds. The molecule has 3 aromatic rings. The number of halogens is 4. The van der Waals surface area contributed by atoms with E-state index in [1.165, 1.54) is 38.1 Å². The van der Waals surface area contributed by atoms with Gasteiger partial charge in [-0.15, -0.1) is 0 Å². The topological polar surface area (TPSA) is 0 Å². The van der Waals surface area contributed by atoms with Gasteiger partial charge in [-0.1, -0.05) is 56.0 Å². The van der Waals surface area contributed by atoms with Gasteiger partial charge in [0.2, 0.25) is 0 Å². The Morgan fingerprint density at radius 3 is 1.12 bits per heavy atom. The molecule has 0 spiro atoms. The molecule has 0 N–H and O–H groups in total. The van der Waals surface area contributed by atoms with E-state index in [2.05, 4.69) is 0 Å². The predicted molar refractivity (Wildman–Crippen MR) is 93.4 cm³/mol. The van der Waals surface area contributed by atoms with Crippen molar-refractivity contribution in [3.63, 3.8) is 0 Å². The lowest BCUT2D eigenvalue weighted by Gasteiger charge is -2.09. The Morgan fingerprint density at radius 1 is 0.480 bits per heavy atom. The van der Waals surface area contributed by atoms with Crippen molar-refractivity contribution in [2.45, 2.75) is 21.3 Å². The molecule has 3 rings (SSSR count). The molecular formula is C21H18F4. The van der Waals surface area contributed by atoms with Crippen molar-refractivity contribution in [1.29, 1.82) is 0 Å². The van der Waals surface area contributed by atoms with Gasteiger partial charge in [-0.05, 0) is 36.1 Å². The Morgan fingerprint density at radius 2 is 0.800 bits per heavy atom. The third kappa shape index (κ3) is 3.29. The van der Waals surface area contributed by atoms with Crippen LogP contribution >= 0.6 is 0 Å². The molecule has 0 saturated heterocycles. The van der Waals surface area contributed by atoms with Crippen LogP contribution in [0.15, 0.2) is 48.5 Å². The molecule has 0 unspecified atom stereocenters. The Labute approximate surface area is 144 Å². The Kier molecular flexibility index (Phi) is 5.31. The monoisotopic (exact) mass is 346 g/mol. The van der Waals surface area contributed by atoms with Crippen LogP contribution in [0.1, 0.15) is 18.6 Å². The van der Waals surface area contributed by atoms with Crippen molar-refractivity contribution in [3.8, 4) is 22.3 Å². The van der Waals surface area contributed by atoms with Gasteiger partial charge in [-0.3, -0.25) is 0 Å². The van der Waals surface area contributed by atoms with Crippen molar-refractivity contribution in [1.82, 2.24) is 0 Å². The van der Waals surface area contributed by atoms with E-state index in [1.54, 1.807) is 24.3 Å². The molecule has 4 heteroatoms. The molecule has 0 saturated carbocycles. The molecule has 0 aromatic heterocycles. The van der Waals surface area contributed by atoms with Crippen LogP contribution in [0.2, 0.25) is 0 Å². The molecule has 0 radical (unpaired) electrons. The molecule has 0 bridgehead atoms. The largest absolute Gasteiger partial charge is 0.203 e. The minimum absolute atomic E-state index is 0. The van der Waals surface area contributed by atoms with Gasteiger partial charge in [-0.25, -0.2) is 17.6 Å². The van der Waals surface area contributed by atoms with Crippen molar-refractivity contribution < 1.29 is 17.6 Å². The highest BCUT2D eigenvalue weighted by atomic mass is 19.2. The smallest absolute Gasteiger partial charge is 0.166 e. The summed E-state index contributed by atoms with van der Waals surface area (Å²) in [6.45, 7) is 2.97. The van der Waals surface area contributed by atoms with Gasteiger partial charge < -0.3 is 0 Å². The van der Waals surface area contributed by atoms with E-state index in [-0.39, 0.29) is 29.7 Å². The highest BCUT2D eigenvalue weighted by Crippen LogP contribution is 2.30. The van der Waals surface area contributed by atoms with E-state index in [0.29, 0.717) is 11.1 Å². The van der Waals surface area contributed by atoms with Gasteiger partial charge in [0.1, 0.15) is 0 Å². The van der Waals surface area contributed by atoms with Crippen LogP contribution in [0.3, 0.4) is 0 Å². The first-order valence-electron chi connectivity index (χ1n) is 7.40. The average molecular weight is 346 g/mol. The summed E-state index contributed by atoms with van der Waals surface area (Å²) < 4.78 is 55.5. The zero-order valence-electron chi connectivity index (χ0n) is 13.1. The molecule has 0 heterocycles. The summed E-state index contributed by atoms with van der Waals surface area (Å²) in [5.41, 5.74) is 1.63. The average Bonchev–Trinajstić information content (AvgIpc) is 2.58. The number of hydrogen-bond acceptors (Lipinski definition) is 0. The van der Waals surface area contributed by atoms with Crippen LogP contribution in [0, 0.1) is 37.1 Å². The molecular weight excluding hydrogens is 328 g/mol. The second-order valence-electron chi connectivity index (χ2n) is 5.69. The molecule has 0 nitrogen and oxygen atoms in total. The first kappa shape index (κ1) is 18.7. The van der Waals surface area contributed by atoms with Gasteiger partial charge in [0.15, 0.2) is 23.3 Å². The fourth-order valence-electron chi connectivity index (χ4n) is 2.57. The third-order valence-electron chi connectivity index (χ3n) is 4.06. The van der Waals surface area contributed by atoms with Crippen LogP contribution in [-0.2, 0) is 0 Å². The highest BCUT2D eigenvalue weighted by Gasteiger charge is 2.15. The van der Waals surface area contributed by atoms with Crippen molar-refractivity contribution >= 4 is 0 Å². The lowest BCUT2D eigenvalue weighted by Crippen LogP contribution is -1.94. The SMILES string of the molecule is C.Cc1ccc(-c2ccc(-c3ccc(C)c(F)c3F)cc2)c(F)c1F. The van der Waals surface area contributed by atoms with Crippen molar-refractivity contribution in [2.75, 3.05) is 0 Å². The molecule has 0 aliphatic heterocycles. The van der Waals surface area contributed by atoms with Gasteiger partial charge in [0, 0.05) is 11.1 Å². The molecule has 0 aliphatic rings. The minimum atomic E-state index is -0.921. The zero-order valence-corrected chi connectivity index (χ0v) is 13.1. The van der Waals surface area contributed by atoms with Crippen LogP contribution in [0.5, 0.6) is 0 Å². The Bertz CT molecular complexity index is 836. The number of benzene rings is 3. The Hall–Kier alpha value is -2.62. The van der Waals surface area contributed by atoms with E-state index in [9.17, 15) is 17.6 Å². The summed E-state index contributed by atoms with van der Waals surface area (Å²) in [4.78, 5) is 0. The van der Waals surface area contributed by atoms with Crippen LogP contribution in [0.4, 0.5) is 17.6 Å². The number of aryl methyl sites for hydroxylation is 2. The second kappa shape index (κ2) is 7.09.